The fourth-order valence-corrected chi connectivity index (χ4v) is 13.0. The molecule has 0 spiro atoms. The number of carbonyl (C=O) groups excluding carboxylic acids is 1. The number of carbonyl (C=O) groups is 1. The van der Waals surface area contributed by atoms with E-state index in [0.29, 0.717) is 0 Å². The van der Waals surface area contributed by atoms with E-state index < -0.39 is 25.7 Å². The minimum absolute atomic E-state index is 0.220. The quantitative estimate of drug-likeness (QED) is 0.101. The number of carboxylic acids is 1. The number of hydrogen-bond acceptors (Lipinski definition) is 2. The van der Waals surface area contributed by atoms with E-state index in [2.05, 4.69) is 20.8 Å². The monoisotopic (exact) mass is 580 g/mol. The van der Waals surface area contributed by atoms with Gasteiger partial charge in [0, 0.05) is 0 Å². The van der Waals surface area contributed by atoms with E-state index in [4.69, 9.17) is 0 Å². The minimum atomic E-state index is -1.13. The molecule has 2 nitrogen and oxygen atoms in total. The summed E-state index contributed by atoms with van der Waals surface area (Å²) >= 11 is -1.02. The smallest absolute Gasteiger partial charge is 0.0715 e. The van der Waals surface area contributed by atoms with Crippen molar-refractivity contribution in [3.63, 3.8) is 0 Å². The van der Waals surface area contributed by atoms with Gasteiger partial charge in [-0.2, -0.15) is 0 Å². The van der Waals surface area contributed by atoms with E-state index in [1.54, 1.807) is 50.8 Å². The Labute approximate surface area is 220 Å². The van der Waals surface area contributed by atoms with Crippen molar-refractivity contribution in [3.05, 3.63) is 35.9 Å². The van der Waals surface area contributed by atoms with Gasteiger partial charge in [0.15, 0.2) is 0 Å². The number of hydrogen-bond donors (Lipinski definition) is 0. The molecule has 3 heteroatoms. The molecule has 0 saturated carbocycles. The maximum absolute atomic E-state index is 10.1. The van der Waals surface area contributed by atoms with E-state index >= 15 is 0 Å². The summed E-state index contributed by atoms with van der Waals surface area (Å²) in [6, 6.07) is 8.06. The molecule has 0 amide bonds. The maximum atomic E-state index is 10.1. The summed E-state index contributed by atoms with van der Waals surface area (Å²) in [7, 11) is 0. The molecule has 1 aromatic carbocycles. The van der Waals surface area contributed by atoms with E-state index in [1.807, 2.05) is 0 Å². The number of rotatable bonds is 22. The predicted molar refractivity (Wildman–Crippen MR) is 151 cm³/mol. The Hall–Kier alpha value is -0.511. The van der Waals surface area contributed by atoms with Crippen molar-refractivity contribution in [2.75, 3.05) is 0 Å². The topological polar surface area (TPSA) is 40.1 Å². The minimum Gasteiger partial charge on any atom is -0.545 e. The second kappa shape index (κ2) is 27.1. The van der Waals surface area contributed by atoms with Crippen molar-refractivity contribution in [1.82, 2.24) is 0 Å². The molecule has 0 bridgehead atoms. The molecule has 0 aromatic heterocycles. The molecule has 0 aliphatic carbocycles. The first kappa shape index (κ1) is 33.5. The van der Waals surface area contributed by atoms with Crippen molar-refractivity contribution in [1.29, 1.82) is 0 Å². The Balaban J connectivity index is 0.000000999. The molecule has 0 saturated heterocycles. The summed E-state index contributed by atoms with van der Waals surface area (Å²) in [4.78, 5) is 10.1. The maximum Gasteiger partial charge on any atom is 0.0715 e. The average molecular weight is 579 g/mol. The van der Waals surface area contributed by atoms with E-state index in [1.165, 1.54) is 108 Å². The molecular weight excluding hydrogens is 523 g/mol. The van der Waals surface area contributed by atoms with Gasteiger partial charge in [0.25, 0.3) is 0 Å². The van der Waals surface area contributed by atoms with Gasteiger partial charge in [-0.15, -0.1) is 0 Å². The zero-order valence-electron chi connectivity index (χ0n) is 23.1. The van der Waals surface area contributed by atoms with Crippen LogP contribution in [-0.4, -0.2) is 25.7 Å². The van der Waals surface area contributed by atoms with E-state index in [9.17, 15) is 9.90 Å². The largest absolute Gasteiger partial charge is 0.545 e. The third-order valence-electron chi connectivity index (χ3n) is 6.66. The fraction of sp³-hybridized carbons (Fsp3) is 0.774. The third kappa shape index (κ3) is 23.2. The third-order valence-corrected chi connectivity index (χ3v) is 15.7. The summed E-state index contributed by atoms with van der Waals surface area (Å²) in [6.45, 7) is 6.98. The standard InChI is InChI=1S/3C8H17.C7H6O2.Sn/c3*1-3-5-7-8-6-4-2;8-7(9)6-4-2-1-3-5-6;/h3*1,3-8H2,2H3;1-5H,(H,8,9);/q;;;;+1/p-1. The van der Waals surface area contributed by atoms with Crippen LogP contribution in [0.4, 0.5) is 0 Å². The number of benzene rings is 1. The molecule has 34 heavy (non-hydrogen) atoms. The van der Waals surface area contributed by atoms with Gasteiger partial charge in [-0.25, -0.2) is 0 Å². The molecule has 0 heterocycles. The van der Waals surface area contributed by atoms with Crippen molar-refractivity contribution in [3.8, 4) is 0 Å². The van der Waals surface area contributed by atoms with Crippen molar-refractivity contribution < 1.29 is 9.90 Å². The van der Waals surface area contributed by atoms with Gasteiger partial charge in [0.1, 0.15) is 0 Å². The molecule has 196 valence electrons. The fourth-order valence-electron chi connectivity index (χ4n) is 4.42. The van der Waals surface area contributed by atoms with Gasteiger partial charge >= 0.3 is 169 Å². The van der Waals surface area contributed by atoms with Gasteiger partial charge in [-0.05, 0) is 5.56 Å². The van der Waals surface area contributed by atoms with E-state index in [-0.39, 0.29) is 5.56 Å². The van der Waals surface area contributed by atoms with Gasteiger partial charge in [0.2, 0.25) is 0 Å². The molecule has 1 rings (SSSR count). The van der Waals surface area contributed by atoms with Crippen molar-refractivity contribution >= 4 is 25.7 Å². The van der Waals surface area contributed by atoms with Gasteiger partial charge in [-0.3, -0.25) is 0 Å². The summed E-state index contributed by atoms with van der Waals surface area (Å²) < 4.78 is 5.16. The predicted octanol–water partition coefficient (Wildman–Crippen LogP) is 9.61. The second-order valence-corrected chi connectivity index (χ2v) is 18.5. The van der Waals surface area contributed by atoms with Crippen molar-refractivity contribution in [2.24, 2.45) is 0 Å². The summed E-state index contributed by atoms with van der Waals surface area (Å²) in [5.74, 6) is -1.13. The van der Waals surface area contributed by atoms with Crippen LogP contribution < -0.4 is 5.11 Å². The van der Waals surface area contributed by atoms with Gasteiger partial charge in [-0.1, -0.05) is 30.3 Å². The first-order valence-corrected chi connectivity index (χ1v) is 20.8. The summed E-state index contributed by atoms with van der Waals surface area (Å²) in [5.41, 5.74) is 0.220. The van der Waals surface area contributed by atoms with Crippen LogP contribution in [-0.2, 0) is 0 Å². The molecule has 0 atom stereocenters. The normalized spacial score (nSPS) is 10.6. The first-order valence-electron chi connectivity index (χ1n) is 14.8. The molecular formula is C31H56O2Sn. The van der Waals surface area contributed by atoms with Crippen LogP contribution >= 0.6 is 0 Å². The number of unbranched alkanes of at least 4 members (excludes halogenated alkanes) is 15. The Bertz CT molecular complexity index is 493. The van der Waals surface area contributed by atoms with Crippen LogP contribution in [0.3, 0.4) is 0 Å². The molecule has 0 unspecified atom stereocenters. The Morgan fingerprint density at radius 2 is 0.882 bits per heavy atom. The summed E-state index contributed by atoms with van der Waals surface area (Å²) in [5, 5.41) is 10.1. The van der Waals surface area contributed by atoms with Crippen LogP contribution in [0.25, 0.3) is 0 Å². The molecule has 0 radical (unpaired) electrons. The second-order valence-electron chi connectivity index (χ2n) is 9.96. The molecule has 0 aliphatic heterocycles. The van der Waals surface area contributed by atoms with Crippen molar-refractivity contribution in [2.45, 2.75) is 150 Å². The Morgan fingerprint density at radius 3 is 1.18 bits per heavy atom. The number of aromatic carboxylic acids is 1. The zero-order chi connectivity index (χ0) is 25.1. The molecule has 0 N–H and O–H groups in total. The van der Waals surface area contributed by atoms with Crippen LogP contribution in [0.15, 0.2) is 30.3 Å². The zero-order valence-corrected chi connectivity index (χ0v) is 25.9. The Morgan fingerprint density at radius 1 is 0.559 bits per heavy atom. The van der Waals surface area contributed by atoms with E-state index in [0.717, 1.165) is 0 Å². The number of carboxylic acid groups (broad SMARTS) is 1. The Kier molecular flexibility index (Phi) is 26.7. The first-order chi connectivity index (χ1) is 16.7. The van der Waals surface area contributed by atoms with Crippen LogP contribution in [0.2, 0.25) is 13.3 Å². The van der Waals surface area contributed by atoms with Gasteiger partial charge in [0.05, 0.1) is 5.97 Å². The molecule has 0 fully saturated rings. The molecule has 0 aliphatic rings. The SMILES string of the molecule is CCCCCCC[CH2][Sn+]([CH2]CCCCCCC)[CH2]CCCCCCC.O=C([O-])c1ccccc1. The molecule has 1 aromatic rings. The van der Waals surface area contributed by atoms with Crippen LogP contribution in [0.5, 0.6) is 0 Å². The van der Waals surface area contributed by atoms with Gasteiger partial charge < -0.3 is 9.90 Å². The average Bonchev–Trinajstić information content (AvgIpc) is 2.86. The van der Waals surface area contributed by atoms with Crippen LogP contribution in [0.1, 0.15) is 147 Å². The summed E-state index contributed by atoms with van der Waals surface area (Å²) in [6.07, 6.45) is 26.9. The van der Waals surface area contributed by atoms with Crippen LogP contribution in [0, 0.1) is 0 Å².